The average molecular weight is 367 g/mol. The smallest absolute Gasteiger partial charge is 0.293 e. The fourth-order valence-corrected chi connectivity index (χ4v) is 2.95. The Kier molecular flexibility index (Phi) is 4.98. The molecule has 1 N–H and O–H groups in total. The molecule has 0 atom stereocenters. The van der Waals surface area contributed by atoms with E-state index in [1.165, 1.54) is 12.1 Å². The van der Waals surface area contributed by atoms with Gasteiger partial charge < -0.3 is 5.32 Å². The number of nitro benzene ring substituents is 1. The van der Waals surface area contributed by atoms with Crippen molar-refractivity contribution in [2.45, 2.75) is 19.8 Å². The lowest BCUT2D eigenvalue weighted by Crippen LogP contribution is -2.31. The molecule has 0 spiro atoms. The third-order valence-corrected chi connectivity index (χ3v) is 4.29. The number of amides is 3. The Morgan fingerprint density at radius 1 is 1.11 bits per heavy atom. The summed E-state index contributed by atoms with van der Waals surface area (Å²) in [5.41, 5.74) is 1.38. The van der Waals surface area contributed by atoms with E-state index in [0.717, 1.165) is 4.90 Å². The van der Waals surface area contributed by atoms with Gasteiger partial charge in [-0.25, -0.2) is 0 Å². The van der Waals surface area contributed by atoms with Gasteiger partial charge >= 0.3 is 0 Å². The number of hydrogen-bond donors (Lipinski definition) is 1. The molecular formula is C19H17N3O5. The summed E-state index contributed by atoms with van der Waals surface area (Å²) in [7, 11) is 0. The maximum Gasteiger partial charge on any atom is 0.293 e. The van der Waals surface area contributed by atoms with Crippen LogP contribution in [0.25, 0.3) is 0 Å². The molecule has 0 unspecified atom stereocenters. The first-order valence-electron chi connectivity index (χ1n) is 8.38. The quantitative estimate of drug-likeness (QED) is 0.479. The molecule has 0 saturated heterocycles. The summed E-state index contributed by atoms with van der Waals surface area (Å²) >= 11 is 0. The van der Waals surface area contributed by atoms with Crippen LogP contribution in [0, 0.1) is 17.0 Å². The van der Waals surface area contributed by atoms with Gasteiger partial charge in [-0.15, -0.1) is 0 Å². The second-order valence-corrected chi connectivity index (χ2v) is 6.24. The molecule has 27 heavy (non-hydrogen) atoms. The van der Waals surface area contributed by atoms with Crippen LogP contribution in [-0.4, -0.2) is 34.1 Å². The van der Waals surface area contributed by atoms with Crippen LogP contribution >= 0.6 is 0 Å². The predicted octanol–water partition coefficient (Wildman–Crippen LogP) is 2.92. The summed E-state index contributed by atoms with van der Waals surface area (Å²) in [6.07, 6.45) is 0.287. The number of fused-ring (bicyclic) bond motifs is 1. The minimum Gasteiger partial charge on any atom is -0.320 e. The first kappa shape index (κ1) is 18.2. The summed E-state index contributed by atoms with van der Waals surface area (Å²) in [5.74, 6) is -1.16. The first-order chi connectivity index (χ1) is 12.9. The van der Waals surface area contributed by atoms with E-state index in [0.29, 0.717) is 16.7 Å². The molecule has 8 heteroatoms. The monoisotopic (exact) mass is 367 g/mol. The minimum absolute atomic E-state index is 0.0262. The largest absolute Gasteiger partial charge is 0.320 e. The number of nitro groups is 1. The van der Waals surface area contributed by atoms with Gasteiger partial charge in [0.2, 0.25) is 5.91 Å². The topological polar surface area (TPSA) is 110 Å². The number of rotatable bonds is 6. The standard InChI is InChI=1S/C19H17N3O5/c1-12-8-9-15(16(11-12)22(26)27)20-17(23)7-4-10-21-18(24)13-5-2-3-6-14(13)19(21)25/h2-3,5-6,8-9,11H,4,7,10H2,1H3,(H,20,23). The Morgan fingerprint density at radius 2 is 1.74 bits per heavy atom. The number of imide groups is 1. The van der Waals surface area contributed by atoms with Gasteiger partial charge in [-0.3, -0.25) is 29.4 Å². The zero-order valence-corrected chi connectivity index (χ0v) is 14.6. The lowest BCUT2D eigenvalue weighted by Gasteiger charge is -2.13. The van der Waals surface area contributed by atoms with Crippen molar-refractivity contribution in [1.29, 1.82) is 0 Å². The molecule has 3 amide bonds. The van der Waals surface area contributed by atoms with Crippen molar-refractivity contribution >= 4 is 29.1 Å². The van der Waals surface area contributed by atoms with E-state index in [4.69, 9.17) is 0 Å². The van der Waals surface area contributed by atoms with Crippen molar-refractivity contribution in [3.05, 3.63) is 69.3 Å². The molecule has 2 aromatic carbocycles. The van der Waals surface area contributed by atoms with Gasteiger partial charge in [-0.05, 0) is 37.1 Å². The van der Waals surface area contributed by atoms with Crippen LogP contribution in [0.15, 0.2) is 42.5 Å². The lowest BCUT2D eigenvalue weighted by molar-refractivity contribution is -0.384. The second-order valence-electron chi connectivity index (χ2n) is 6.24. The highest BCUT2D eigenvalue weighted by Crippen LogP contribution is 2.26. The highest BCUT2D eigenvalue weighted by atomic mass is 16.6. The Balaban J connectivity index is 1.58. The zero-order chi connectivity index (χ0) is 19.6. The van der Waals surface area contributed by atoms with Gasteiger partial charge in [-0.1, -0.05) is 18.2 Å². The van der Waals surface area contributed by atoms with E-state index >= 15 is 0 Å². The van der Waals surface area contributed by atoms with Gasteiger partial charge in [0.1, 0.15) is 5.69 Å². The SMILES string of the molecule is Cc1ccc(NC(=O)CCCN2C(=O)c3ccccc3C2=O)c([N+](=O)[O-])c1. The van der Waals surface area contributed by atoms with Crippen molar-refractivity contribution in [2.75, 3.05) is 11.9 Å². The minimum atomic E-state index is -0.554. The summed E-state index contributed by atoms with van der Waals surface area (Å²) in [6.45, 7) is 1.83. The Hall–Kier alpha value is -3.55. The van der Waals surface area contributed by atoms with Gasteiger partial charge in [0.15, 0.2) is 0 Å². The van der Waals surface area contributed by atoms with E-state index in [2.05, 4.69) is 5.32 Å². The highest BCUT2D eigenvalue weighted by molar-refractivity contribution is 6.21. The maximum absolute atomic E-state index is 12.3. The number of carbonyl (C=O) groups excluding carboxylic acids is 3. The molecule has 0 fully saturated rings. The Labute approximate surface area is 154 Å². The molecule has 0 bridgehead atoms. The molecule has 2 aromatic rings. The number of nitrogens with zero attached hydrogens (tertiary/aromatic N) is 2. The summed E-state index contributed by atoms with van der Waals surface area (Å²) in [4.78, 5) is 48.3. The molecule has 8 nitrogen and oxygen atoms in total. The van der Waals surface area contributed by atoms with Crippen LogP contribution in [-0.2, 0) is 4.79 Å². The zero-order valence-electron chi connectivity index (χ0n) is 14.6. The van der Waals surface area contributed by atoms with Crippen molar-refractivity contribution in [1.82, 2.24) is 4.90 Å². The summed E-state index contributed by atoms with van der Waals surface area (Å²) in [6, 6.07) is 11.1. The second kappa shape index (κ2) is 7.36. The molecule has 3 rings (SSSR count). The molecule has 0 aliphatic carbocycles. The lowest BCUT2D eigenvalue weighted by atomic mass is 10.1. The van der Waals surface area contributed by atoms with Crippen molar-refractivity contribution in [2.24, 2.45) is 0 Å². The van der Waals surface area contributed by atoms with E-state index < -0.39 is 10.8 Å². The fraction of sp³-hybridized carbons (Fsp3) is 0.211. The van der Waals surface area contributed by atoms with E-state index in [9.17, 15) is 24.5 Å². The van der Waals surface area contributed by atoms with Crippen LogP contribution in [0.3, 0.4) is 0 Å². The first-order valence-corrected chi connectivity index (χ1v) is 8.38. The number of aryl methyl sites for hydroxylation is 1. The van der Waals surface area contributed by atoms with E-state index in [1.807, 2.05) is 0 Å². The summed E-state index contributed by atoms with van der Waals surface area (Å²) in [5, 5.41) is 13.6. The molecule has 0 aromatic heterocycles. The van der Waals surface area contributed by atoms with E-state index in [-0.39, 0.29) is 42.6 Å². The van der Waals surface area contributed by atoms with Crippen LogP contribution < -0.4 is 5.32 Å². The molecule has 0 radical (unpaired) electrons. The van der Waals surface area contributed by atoms with Gasteiger partial charge in [0.05, 0.1) is 16.1 Å². The molecule has 1 aliphatic heterocycles. The third kappa shape index (κ3) is 3.69. The van der Waals surface area contributed by atoms with Crippen LogP contribution in [0.2, 0.25) is 0 Å². The van der Waals surface area contributed by atoms with Crippen molar-refractivity contribution in [3.63, 3.8) is 0 Å². The van der Waals surface area contributed by atoms with Gasteiger partial charge in [-0.2, -0.15) is 0 Å². The molecule has 1 aliphatic rings. The fourth-order valence-electron chi connectivity index (χ4n) is 2.95. The molecule has 0 saturated carbocycles. The number of anilines is 1. The molecular weight excluding hydrogens is 350 g/mol. The number of hydrogen-bond acceptors (Lipinski definition) is 5. The number of benzene rings is 2. The molecule has 1 heterocycles. The van der Waals surface area contributed by atoms with Gasteiger partial charge in [0.25, 0.3) is 17.5 Å². The van der Waals surface area contributed by atoms with Crippen molar-refractivity contribution < 1.29 is 19.3 Å². The molecule has 138 valence electrons. The highest BCUT2D eigenvalue weighted by Gasteiger charge is 2.34. The van der Waals surface area contributed by atoms with Gasteiger partial charge in [0, 0.05) is 19.0 Å². The Morgan fingerprint density at radius 3 is 2.33 bits per heavy atom. The Bertz CT molecular complexity index is 919. The normalized spacial score (nSPS) is 12.9. The van der Waals surface area contributed by atoms with E-state index in [1.54, 1.807) is 37.3 Å². The van der Waals surface area contributed by atoms with Crippen LogP contribution in [0.1, 0.15) is 39.1 Å². The predicted molar refractivity (Wildman–Crippen MR) is 97.5 cm³/mol. The third-order valence-electron chi connectivity index (χ3n) is 4.29. The average Bonchev–Trinajstić information content (AvgIpc) is 2.88. The maximum atomic E-state index is 12.3. The number of nitrogens with one attached hydrogen (secondary N) is 1. The number of carbonyl (C=O) groups is 3. The summed E-state index contributed by atoms with van der Waals surface area (Å²) < 4.78 is 0. The van der Waals surface area contributed by atoms with Crippen molar-refractivity contribution in [3.8, 4) is 0 Å². The van der Waals surface area contributed by atoms with Crippen LogP contribution in [0.4, 0.5) is 11.4 Å². The van der Waals surface area contributed by atoms with Crippen LogP contribution in [0.5, 0.6) is 0 Å².